The van der Waals surface area contributed by atoms with Crippen molar-refractivity contribution in [2.75, 3.05) is 12.8 Å². The molecule has 0 unspecified atom stereocenters. The lowest BCUT2D eigenvalue weighted by Gasteiger charge is -2.01. The first-order valence-electron chi connectivity index (χ1n) is 3.71. The molecule has 0 aliphatic rings. The minimum atomic E-state index is -1.04. The molecule has 0 spiro atoms. The van der Waals surface area contributed by atoms with E-state index in [4.69, 9.17) is 5.73 Å². The fourth-order valence-corrected chi connectivity index (χ4v) is 1.91. The van der Waals surface area contributed by atoms with Crippen molar-refractivity contribution in [1.82, 2.24) is 4.98 Å². The molecule has 0 radical (unpaired) electrons. The van der Waals surface area contributed by atoms with E-state index in [1.165, 1.54) is 13.2 Å². The van der Waals surface area contributed by atoms with Crippen molar-refractivity contribution < 1.29 is 13.5 Å². The minimum absolute atomic E-state index is 0.0502. The number of nitrogens with two attached hydrogens (primary N) is 1. The molecule has 1 aromatic carbocycles. The Morgan fingerprint density at radius 3 is 2.79 bits per heavy atom. The van der Waals surface area contributed by atoms with E-state index in [1.807, 2.05) is 0 Å². The lowest BCUT2D eigenvalue weighted by molar-refractivity contribution is 0.374. The highest BCUT2D eigenvalue weighted by Crippen LogP contribution is 2.32. The first kappa shape index (κ1) is 9.14. The Bertz CT molecular complexity index is 498. The molecule has 2 N–H and O–H groups in total. The fourth-order valence-electron chi connectivity index (χ4n) is 1.15. The Labute approximate surface area is 82.1 Å². The van der Waals surface area contributed by atoms with Crippen molar-refractivity contribution in [1.29, 1.82) is 0 Å². The Morgan fingerprint density at radius 2 is 2.14 bits per heavy atom. The molecule has 0 amide bonds. The third-order valence-electron chi connectivity index (χ3n) is 1.77. The van der Waals surface area contributed by atoms with Crippen LogP contribution in [0.15, 0.2) is 6.07 Å². The maximum atomic E-state index is 13.3. The van der Waals surface area contributed by atoms with Gasteiger partial charge < -0.3 is 10.5 Å². The highest BCUT2D eigenvalue weighted by molar-refractivity contribution is 7.22. The maximum absolute atomic E-state index is 13.3. The number of anilines is 1. The maximum Gasteiger partial charge on any atom is 0.202 e. The predicted molar refractivity (Wildman–Crippen MR) is 50.5 cm³/mol. The number of fused-ring (bicyclic) bond motifs is 1. The van der Waals surface area contributed by atoms with Gasteiger partial charge in [-0.25, -0.2) is 9.37 Å². The number of hydrogen-bond donors (Lipinski definition) is 1. The highest BCUT2D eigenvalue weighted by atomic mass is 32.1. The molecule has 74 valence electrons. The van der Waals surface area contributed by atoms with Crippen molar-refractivity contribution >= 4 is 26.7 Å². The van der Waals surface area contributed by atoms with E-state index in [0.717, 1.165) is 11.3 Å². The number of halogens is 2. The molecular formula is C8H6F2N2OS. The van der Waals surface area contributed by atoms with Crippen molar-refractivity contribution in [3.8, 4) is 5.75 Å². The highest BCUT2D eigenvalue weighted by Gasteiger charge is 2.16. The van der Waals surface area contributed by atoms with Crippen LogP contribution in [0.4, 0.5) is 13.9 Å². The quantitative estimate of drug-likeness (QED) is 0.794. The number of thiazole rings is 1. The molecule has 0 fully saturated rings. The minimum Gasteiger partial charge on any atom is -0.494 e. The van der Waals surface area contributed by atoms with Crippen LogP contribution in [-0.4, -0.2) is 12.1 Å². The lowest BCUT2D eigenvalue weighted by Crippen LogP contribution is -1.92. The molecule has 2 rings (SSSR count). The molecule has 2 aromatic rings. The SMILES string of the molecule is COc1cc2sc(N)nc2c(F)c1F. The molecule has 14 heavy (non-hydrogen) atoms. The number of methoxy groups -OCH3 is 1. The lowest BCUT2D eigenvalue weighted by atomic mass is 10.3. The van der Waals surface area contributed by atoms with Gasteiger partial charge in [0.25, 0.3) is 0 Å². The second-order valence-corrected chi connectivity index (χ2v) is 3.67. The van der Waals surface area contributed by atoms with Gasteiger partial charge in [0.05, 0.1) is 11.8 Å². The van der Waals surface area contributed by atoms with Gasteiger partial charge in [-0.3, -0.25) is 0 Å². The monoisotopic (exact) mass is 216 g/mol. The fraction of sp³-hybridized carbons (Fsp3) is 0.125. The summed E-state index contributed by atoms with van der Waals surface area (Å²) in [4.78, 5) is 3.67. The summed E-state index contributed by atoms with van der Waals surface area (Å²) in [7, 11) is 1.27. The molecule has 0 saturated heterocycles. The van der Waals surface area contributed by atoms with Gasteiger partial charge in [0, 0.05) is 6.07 Å². The second-order valence-electron chi connectivity index (χ2n) is 2.61. The molecule has 1 heterocycles. The number of benzene rings is 1. The van der Waals surface area contributed by atoms with Gasteiger partial charge in [0.1, 0.15) is 5.52 Å². The van der Waals surface area contributed by atoms with E-state index in [9.17, 15) is 8.78 Å². The molecule has 1 aromatic heterocycles. The normalized spacial score (nSPS) is 10.8. The van der Waals surface area contributed by atoms with Crippen LogP contribution >= 0.6 is 11.3 Å². The average molecular weight is 216 g/mol. The Morgan fingerprint density at radius 1 is 1.43 bits per heavy atom. The summed E-state index contributed by atoms with van der Waals surface area (Å²) in [5.41, 5.74) is 5.33. The molecule has 0 aliphatic carbocycles. The van der Waals surface area contributed by atoms with Crippen molar-refractivity contribution in [3.05, 3.63) is 17.7 Å². The average Bonchev–Trinajstić information content (AvgIpc) is 2.52. The van der Waals surface area contributed by atoms with Gasteiger partial charge >= 0.3 is 0 Å². The third kappa shape index (κ3) is 1.19. The summed E-state index contributed by atoms with van der Waals surface area (Å²) in [6.45, 7) is 0. The standard InChI is InChI=1S/C8H6F2N2OS/c1-13-3-2-4-7(6(10)5(3)9)12-8(11)14-4/h2H,1H3,(H2,11,12). The first-order chi connectivity index (χ1) is 6.63. The van der Waals surface area contributed by atoms with E-state index in [1.54, 1.807) is 0 Å². The van der Waals surface area contributed by atoms with Crippen LogP contribution in [0.2, 0.25) is 0 Å². The second kappa shape index (κ2) is 3.06. The van der Waals surface area contributed by atoms with Gasteiger partial charge in [-0.2, -0.15) is 4.39 Å². The number of hydrogen-bond acceptors (Lipinski definition) is 4. The zero-order chi connectivity index (χ0) is 10.3. The van der Waals surface area contributed by atoms with E-state index >= 15 is 0 Å². The van der Waals surface area contributed by atoms with Crippen molar-refractivity contribution in [3.63, 3.8) is 0 Å². The molecule has 0 saturated carbocycles. The summed E-state index contributed by atoms with van der Waals surface area (Å²) < 4.78 is 31.6. The van der Waals surface area contributed by atoms with Crippen LogP contribution < -0.4 is 10.5 Å². The Hall–Kier alpha value is -1.43. The topological polar surface area (TPSA) is 48.1 Å². The Balaban J connectivity index is 2.84. The number of rotatable bonds is 1. The van der Waals surface area contributed by atoms with Crippen LogP contribution in [0.1, 0.15) is 0 Å². The van der Waals surface area contributed by atoms with Crippen LogP contribution in [0.3, 0.4) is 0 Å². The number of nitrogens with zero attached hydrogens (tertiary/aromatic N) is 1. The summed E-state index contributed by atoms with van der Waals surface area (Å²) in [6.07, 6.45) is 0. The van der Waals surface area contributed by atoms with E-state index < -0.39 is 11.6 Å². The van der Waals surface area contributed by atoms with E-state index in [-0.39, 0.29) is 16.4 Å². The van der Waals surface area contributed by atoms with E-state index in [2.05, 4.69) is 9.72 Å². The van der Waals surface area contributed by atoms with Crippen LogP contribution in [-0.2, 0) is 0 Å². The molecule has 0 atom stereocenters. The largest absolute Gasteiger partial charge is 0.494 e. The van der Waals surface area contributed by atoms with Gasteiger partial charge in [-0.05, 0) is 0 Å². The van der Waals surface area contributed by atoms with Crippen molar-refractivity contribution in [2.24, 2.45) is 0 Å². The number of ether oxygens (including phenoxy) is 1. The summed E-state index contributed by atoms with van der Waals surface area (Å²) in [5.74, 6) is -2.20. The van der Waals surface area contributed by atoms with Gasteiger partial charge in [0.15, 0.2) is 16.7 Å². The third-order valence-corrected chi connectivity index (χ3v) is 2.60. The molecular weight excluding hydrogens is 210 g/mol. The van der Waals surface area contributed by atoms with Gasteiger partial charge in [-0.1, -0.05) is 11.3 Å². The van der Waals surface area contributed by atoms with Crippen LogP contribution in [0, 0.1) is 11.6 Å². The smallest absolute Gasteiger partial charge is 0.202 e. The zero-order valence-corrected chi connectivity index (χ0v) is 7.99. The molecule has 3 nitrogen and oxygen atoms in total. The molecule has 0 bridgehead atoms. The first-order valence-corrected chi connectivity index (χ1v) is 4.53. The molecule has 6 heteroatoms. The summed E-state index contributed by atoms with van der Waals surface area (Å²) in [6, 6.07) is 1.38. The predicted octanol–water partition coefficient (Wildman–Crippen LogP) is 2.17. The molecule has 0 aliphatic heterocycles. The summed E-state index contributed by atoms with van der Waals surface area (Å²) >= 11 is 1.08. The van der Waals surface area contributed by atoms with Crippen molar-refractivity contribution in [2.45, 2.75) is 0 Å². The van der Waals surface area contributed by atoms with Crippen LogP contribution in [0.5, 0.6) is 5.75 Å². The number of nitrogen functional groups attached to an aromatic ring is 1. The number of aromatic nitrogens is 1. The zero-order valence-electron chi connectivity index (χ0n) is 7.17. The van der Waals surface area contributed by atoms with Crippen LogP contribution in [0.25, 0.3) is 10.2 Å². The van der Waals surface area contributed by atoms with E-state index in [0.29, 0.717) is 4.70 Å². The van der Waals surface area contributed by atoms with Gasteiger partial charge in [0.2, 0.25) is 5.82 Å². The summed E-state index contributed by atoms with van der Waals surface area (Å²) in [5, 5.41) is 0.201. The van der Waals surface area contributed by atoms with Gasteiger partial charge in [-0.15, -0.1) is 0 Å². The Kier molecular flexibility index (Phi) is 1.99.